The largest absolute Gasteiger partial charge is 0.399 e. The Morgan fingerprint density at radius 1 is 1.38 bits per heavy atom. The van der Waals surface area contributed by atoms with Gasteiger partial charge in [-0.15, -0.1) is 12.4 Å². The van der Waals surface area contributed by atoms with Gasteiger partial charge in [-0.2, -0.15) is 0 Å². The fourth-order valence-corrected chi connectivity index (χ4v) is 2.93. The molecule has 88 valence electrons. The summed E-state index contributed by atoms with van der Waals surface area (Å²) in [6.45, 7) is 0. The minimum atomic E-state index is -3.29. The Hall–Kier alpha value is -0.720. The van der Waals surface area contributed by atoms with Crippen LogP contribution in [0.3, 0.4) is 0 Å². The number of hydrogen-bond donors (Lipinski definition) is 1. The van der Waals surface area contributed by atoms with Crippen LogP contribution in [-0.4, -0.2) is 18.6 Å². The molecule has 2 rings (SSSR count). The summed E-state index contributed by atoms with van der Waals surface area (Å²) in [4.78, 5) is 0. The lowest BCUT2D eigenvalue weighted by Gasteiger charge is -2.01. The van der Waals surface area contributed by atoms with E-state index in [-0.39, 0.29) is 12.4 Å². The number of nitrogen functional groups attached to an aromatic ring is 1. The molecule has 0 fully saturated rings. The number of nitrogens with two attached hydrogens (primary N) is 1. The Bertz CT molecular complexity index is 636. The second-order valence-electron chi connectivity index (χ2n) is 3.31. The summed E-state index contributed by atoms with van der Waals surface area (Å²) in [6.07, 6.45) is 2.68. The van der Waals surface area contributed by atoms with Crippen LogP contribution in [0.4, 0.5) is 5.69 Å². The van der Waals surface area contributed by atoms with Gasteiger partial charge in [0.05, 0.1) is 11.8 Å². The lowest BCUT2D eigenvalue weighted by molar-refractivity contribution is 0.595. The van der Waals surface area contributed by atoms with Crippen molar-refractivity contribution in [3.05, 3.63) is 28.9 Å². The van der Waals surface area contributed by atoms with E-state index in [4.69, 9.17) is 5.73 Å². The molecule has 0 unspecified atom stereocenters. The molecule has 0 aliphatic heterocycles. The third-order valence-corrected chi connectivity index (χ3v) is 3.75. The minimum Gasteiger partial charge on any atom is -0.399 e. The number of rotatable bonds is 1. The molecule has 0 atom stereocenters. The Balaban J connectivity index is 0.00000128. The molecule has 2 aromatic rings. The Morgan fingerprint density at radius 2 is 2.00 bits per heavy atom. The van der Waals surface area contributed by atoms with Crippen LogP contribution >= 0.6 is 28.3 Å². The zero-order chi connectivity index (χ0) is 11.2. The maximum absolute atomic E-state index is 11.5. The Labute approximate surface area is 108 Å². The molecule has 0 radical (unpaired) electrons. The van der Waals surface area contributed by atoms with Crippen molar-refractivity contribution in [1.82, 2.24) is 3.97 Å². The van der Waals surface area contributed by atoms with Gasteiger partial charge in [0.1, 0.15) is 0 Å². The number of fused-ring (bicyclic) bond motifs is 1. The van der Waals surface area contributed by atoms with Crippen LogP contribution in [0.5, 0.6) is 0 Å². The second-order valence-corrected chi connectivity index (χ2v) is 6.03. The van der Waals surface area contributed by atoms with Crippen molar-refractivity contribution < 1.29 is 8.42 Å². The molecule has 0 amide bonds. The van der Waals surface area contributed by atoms with Crippen molar-refractivity contribution in [3.63, 3.8) is 0 Å². The number of benzene rings is 1. The normalized spacial score (nSPS) is 11.4. The van der Waals surface area contributed by atoms with Crippen molar-refractivity contribution in [2.24, 2.45) is 0 Å². The molecule has 0 bridgehead atoms. The van der Waals surface area contributed by atoms with Crippen molar-refractivity contribution in [3.8, 4) is 0 Å². The van der Waals surface area contributed by atoms with E-state index in [9.17, 15) is 8.42 Å². The summed E-state index contributed by atoms with van der Waals surface area (Å²) >= 11 is 3.31. The standard InChI is InChI=1S/C9H9BrN2O2S.ClH/c1-15(13,14)12-5-8(10)7-3-2-6(11)4-9(7)12;/h2-5H,11H2,1H3;1H. The summed E-state index contributed by atoms with van der Waals surface area (Å²) in [5.74, 6) is 0. The molecule has 0 spiro atoms. The maximum atomic E-state index is 11.5. The Kier molecular flexibility index (Phi) is 3.56. The minimum absolute atomic E-state index is 0. The predicted molar refractivity (Wildman–Crippen MR) is 71.5 cm³/mol. The van der Waals surface area contributed by atoms with E-state index < -0.39 is 10.0 Å². The van der Waals surface area contributed by atoms with Crippen LogP contribution in [0.15, 0.2) is 28.9 Å². The highest BCUT2D eigenvalue weighted by atomic mass is 79.9. The van der Waals surface area contributed by atoms with Crippen LogP contribution in [0.2, 0.25) is 0 Å². The van der Waals surface area contributed by atoms with Crippen LogP contribution in [-0.2, 0) is 10.0 Å². The first kappa shape index (κ1) is 13.3. The number of anilines is 1. The van der Waals surface area contributed by atoms with Gasteiger partial charge >= 0.3 is 0 Å². The fraction of sp³-hybridized carbons (Fsp3) is 0.111. The molecule has 0 aliphatic rings. The summed E-state index contributed by atoms with van der Waals surface area (Å²) in [7, 11) is -3.29. The van der Waals surface area contributed by atoms with Gasteiger partial charge in [0.25, 0.3) is 0 Å². The number of halogens is 2. The first-order valence-electron chi connectivity index (χ1n) is 4.16. The second kappa shape index (κ2) is 4.27. The van der Waals surface area contributed by atoms with Crippen molar-refractivity contribution in [2.75, 3.05) is 12.0 Å². The number of hydrogen-bond acceptors (Lipinski definition) is 3. The summed E-state index contributed by atoms with van der Waals surface area (Å²) in [6, 6.07) is 5.16. The highest BCUT2D eigenvalue weighted by Crippen LogP contribution is 2.28. The van der Waals surface area contributed by atoms with E-state index in [1.165, 1.54) is 10.2 Å². The highest BCUT2D eigenvalue weighted by Gasteiger charge is 2.13. The van der Waals surface area contributed by atoms with E-state index in [0.717, 1.165) is 16.1 Å². The molecular weight excluding hydrogens is 316 g/mol. The van der Waals surface area contributed by atoms with E-state index in [1.807, 2.05) is 0 Å². The third kappa shape index (κ3) is 2.18. The van der Waals surface area contributed by atoms with Gasteiger partial charge < -0.3 is 5.73 Å². The first-order chi connectivity index (χ1) is 6.89. The molecule has 1 aromatic heterocycles. The smallest absolute Gasteiger partial charge is 0.236 e. The average molecular weight is 326 g/mol. The van der Waals surface area contributed by atoms with Crippen LogP contribution in [0.25, 0.3) is 10.9 Å². The van der Waals surface area contributed by atoms with Crippen LogP contribution < -0.4 is 5.73 Å². The van der Waals surface area contributed by atoms with E-state index in [2.05, 4.69) is 15.9 Å². The fourth-order valence-electron chi connectivity index (χ4n) is 1.45. The Morgan fingerprint density at radius 3 is 2.56 bits per heavy atom. The van der Waals surface area contributed by atoms with Crippen molar-refractivity contribution in [1.29, 1.82) is 0 Å². The molecule has 1 heterocycles. The molecule has 0 aliphatic carbocycles. The van der Waals surface area contributed by atoms with Crippen molar-refractivity contribution >= 4 is 55.0 Å². The van der Waals surface area contributed by atoms with Gasteiger partial charge in [-0.1, -0.05) is 0 Å². The average Bonchev–Trinajstić information content (AvgIpc) is 2.42. The molecule has 16 heavy (non-hydrogen) atoms. The van der Waals surface area contributed by atoms with Gasteiger partial charge in [0, 0.05) is 21.7 Å². The van der Waals surface area contributed by atoms with Gasteiger partial charge in [0.15, 0.2) is 0 Å². The summed E-state index contributed by atoms with van der Waals surface area (Å²) in [5.41, 5.74) is 6.75. The molecule has 7 heteroatoms. The number of aromatic nitrogens is 1. The topological polar surface area (TPSA) is 65.1 Å². The summed E-state index contributed by atoms with van der Waals surface area (Å²) < 4.78 is 24.9. The van der Waals surface area contributed by atoms with Gasteiger partial charge in [-0.05, 0) is 34.1 Å². The van der Waals surface area contributed by atoms with Gasteiger partial charge in [-0.25, -0.2) is 12.4 Å². The lowest BCUT2D eigenvalue weighted by atomic mass is 10.2. The monoisotopic (exact) mass is 324 g/mol. The van der Waals surface area contributed by atoms with E-state index in [0.29, 0.717) is 11.2 Å². The predicted octanol–water partition coefficient (Wildman–Crippen LogP) is 2.22. The molecule has 1 aromatic carbocycles. The van der Waals surface area contributed by atoms with Gasteiger partial charge in [0.2, 0.25) is 10.0 Å². The molecule has 2 N–H and O–H groups in total. The van der Waals surface area contributed by atoms with Crippen molar-refractivity contribution in [2.45, 2.75) is 0 Å². The first-order valence-corrected chi connectivity index (χ1v) is 6.80. The quantitative estimate of drug-likeness (QED) is 0.818. The van der Waals surface area contributed by atoms with Crippen LogP contribution in [0, 0.1) is 0 Å². The highest BCUT2D eigenvalue weighted by molar-refractivity contribution is 9.10. The summed E-state index contributed by atoms with van der Waals surface area (Å²) in [5, 5.41) is 0.828. The SMILES string of the molecule is CS(=O)(=O)n1cc(Br)c2ccc(N)cc21.Cl. The molecule has 0 saturated heterocycles. The molecule has 0 saturated carbocycles. The van der Waals surface area contributed by atoms with E-state index >= 15 is 0 Å². The van der Waals surface area contributed by atoms with Crippen LogP contribution in [0.1, 0.15) is 0 Å². The zero-order valence-corrected chi connectivity index (χ0v) is 11.6. The molecular formula is C9H10BrClN2O2S. The number of nitrogens with zero attached hydrogens (tertiary/aromatic N) is 1. The molecule has 4 nitrogen and oxygen atoms in total. The maximum Gasteiger partial charge on any atom is 0.236 e. The zero-order valence-electron chi connectivity index (χ0n) is 8.34. The third-order valence-electron chi connectivity index (χ3n) is 2.10. The lowest BCUT2D eigenvalue weighted by Crippen LogP contribution is -2.08. The van der Waals surface area contributed by atoms with Gasteiger partial charge in [-0.3, -0.25) is 0 Å². The van der Waals surface area contributed by atoms with E-state index in [1.54, 1.807) is 18.2 Å².